The molecule has 0 N–H and O–H groups in total. The maximum absolute atomic E-state index is 2.29. The number of hydrogen-bond donors (Lipinski definition) is 0. The topological polar surface area (TPSA) is 6.48 Å². The van der Waals surface area contributed by atoms with Gasteiger partial charge in [-0.25, -0.2) is 0 Å². The van der Waals surface area contributed by atoms with Crippen molar-refractivity contribution in [2.45, 2.75) is 6.46 Å². The zero-order chi connectivity index (χ0) is 15.2. The first-order valence-corrected chi connectivity index (χ1v) is 11.4. The fourth-order valence-electron chi connectivity index (χ4n) is 2.62. The number of para-hydroxylation sites is 2. The zero-order valence-electron chi connectivity index (χ0n) is 13.5. The van der Waals surface area contributed by atoms with E-state index in [0.29, 0.717) is 0 Å². The molecule has 0 saturated carbocycles. The van der Waals surface area contributed by atoms with Gasteiger partial charge in [0, 0.05) is 0 Å². The van der Waals surface area contributed by atoms with Gasteiger partial charge in [-0.15, -0.1) is 0 Å². The number of nitrogens with zero attached hydrogens (tertiary/aromatic N) is 2. The van der Waals surface area contributed by atoms with Crippen LogP contribution >= 0.6 is 0 Å². The first-order chi connectivity index (χ1) is 10.1. The summed E-state index contributed by atoms with van der Waals surface area (Å²) < 4.78 is 2.62. The van der Waals surface area contributed by atoms with Crippen LogP contribution in [-0.2, 0) is 35.7 Å². The van der Waals surface area contributed by atoms with Crippen molar-refractivity contribution >= 4 is 11.4 Å². The molecule has 109 valence electrons. The van der Waals surface area contributed by atoms with Crippen molar-refractivity contribution in [3.63, 3.8) is 0 Å². The summed E-state index contributed by atoms with van der Waals surface area (Å²) in [6, 6.07) is 17.6. The Bertz CT molecular complexity index is 527. The predicted molar refractivity (Wildman–Crippen MR) is 88.9 cm³/mol. The van der Waals surface area contributed by atoms with Gasteiger partial charge in [-0.05, 0) is 0 Å². The fraction of sp³-hybridized carbons (Fsp3) is 0.333. The van der Waals surface area contributed by atoms with Crippen LogP contribution in [0.15, 0.2) is 48.5 Å². The van der Waals surface area contributed by atoms with Gasteiger partial charge in [0.15, 0.2) is 0 Å². The standard InChI is InChI=1S/2C9H12N.Y/c2*1-8-6-4-5-7-9(8)10(2)3;/h2*4-7H,1H2,2-3H3;. The summed E-state index contributed by atoms with van der Waals surface area (Å²) in [6.45, 7) is 0. The summed E-state index contributed by atoms with van der Waals surface area (Å²) in [5, 5.41) is 0. The average Bonchev–Trinajstić information content (AvgIpc) is 2.48. The molecule has 0 heterocycles. The minimum absolute atomic E-state index is 0.632. The molecule has 0 aliphatic heterocycles. The Kier molecular flexibility index (Phi) is 6.26. The van der Waals surface area contributed by atoms with Crippen LogP contribution in [0, 0.1) is 0 Å². The molecule has 0 fully saturated rings. The van der Waals surface area contributed by atoms with E-state index in [9.17, 15) is 0 Å². The van der Waals surface area contributed by atoms with Gasteiger partial charge >= 0.3 is 145 Å². The Labute approximate surface area is 144 Å². The van der Waals surface area contributed by atoms with E-state index in [-0.39, 0.29) is 0 Å². The summed E-state index contributed by atoms with van der Waals surface area (Å²) in [5.41, 5.74) is 5.80. The average molecular weight is 357 g/mol. The van der Waals surface area contributed by atoms with Crippen molar-refractivity contribution in [3.05, 3.63) is 59.7 Å². The van der Waals surface area contributed by atoms with Crippen molar-refractivity contribution in [1.29, 1.82) is 0 Å². The van der Waals surface area contributed by atoms with E-state index in [1.54, 1.807) is 0 Å². The Balaban J connectivity index is 2.03. The number of anilines is 2. The molecule has 2 nitrogen and oxygen atoms in total. The molecule has 21 heavy (non-hydrogen) atoms. The first kappa shape index (κ1) is 16.5. The molecular weight excluding hydrogens is 333 g/mol. The van der Waals surface area contributed by atoms with Crippen LogP contribution in [0.25, 0.3) is 0 Å². The van der Waals surface area contributed by atoms with E-state index in [0.717, 1.165) is 0 Å². The monoisotopic (exact) mass is 357 g/mol. The molecule has 0 aromatic heterocycles. The van der Waals surface area contributed by atoms with Gasteiger partial charge in [0.2, 0.25) is 0 Å². The molecule has 3 heteroatoms. The molecular formula is C18H24N2Y. The van der Waals surface area contributed by atoms with Gasteiger partial charge in [-0.2, -0.15) is 0 Å². The Hall–Kier alpha value is -0.856. The van der Waals surface area contributed by atoms with Crippen molar-refractivity contribution in [1.82, 2.24) is 0 Å². The molecule has 2 rings (SSSR count). The van der Waals surface area contributed by atoms with E-state index in [1.165, 1.54) is 29.0 Å². The summed E-state index contributed by atoms with van der Waals surface area (Å²) in [7, 11) is 8.53. The molecule has 0 unspecified atom stereocenters. The molecule has 0 atom stereocenters. The van der Waals surface area contributed by atoms with Crippen molar-refractivity contribution in [2.75, 3.05) is 38.0 Å². The van der Waals surface area contributed by atoms with Crippen molar-refractivity contribution in [3.8, 4) is 0 Å². The second kappa shape index (κ2) is 7.96. The van der Waals surface area contributed by atoms with Gasteiger partial charge in [-0.3, -0.25) is 0 Å². The summed E-state index contributed by atoms with van der Waals surface area (Å²) in [5.74, 6) is 0. The molecule has 0 bridgehead atoms. The molecule has 0 aliphatic rings. The number of benzene rings is 2. The van der Waals surface area contributed by atoms with E-state index in [4.69, 9.17) is 0 Å². The van der Waals surface area contributed by atoms with E-state index in [2.05, 4.69) is 86.5 Å². The van der Waals surface area contributed by atoms with E-state index < -0.39 is 29.2 Å². The summed E-state index contributed by atoms with van der Waals surface area (Å²) >= 11 is -0.632. The number of hydrogen-bond acceptors (Lipinski definition) is 2. The van der Waals surface area contributed by atoms with Crippen molar-refractivity contribution in [2.24, 2.45) is 0 Å². The summed E-state index contributed by atoms with van der Waals surface area (Å²) in [4.78, 5) is 4.46. The van der Waals surface area contributed by atoms with Crippen LogP contribution in [-0.4, -0.2) is 28.2 Å². The van der Waals surface area contributed by atoms with Crippen LogP contribution in [0.2, 0.25) is 0 Å². The fourth-order valence-corrected chi connectivity index (χ4v) is 6.20. The molecule has 0 aliphatic carbocycles. The summed E-state index contributed by atoms with van der Waals surface area (Å²) in [6.07, 6.45) is 0. The Morgan fingerprint density at radius 2 is 1.05 bits per heavy atom. The van der Waals surface area contributed by atoms with Crippen LogP contribution in [0.5, 0.6) is 0 Å². The van der Waals surface area contributed by atoms with Crippen LogP contribution in [0.1, 0.15) is 11.1 Å². The predicted octanol–water partition coefficient (Wildman–Crippen LogP) is 3.60. The second-order valence-electron chi connectivity index (χ2n) is 5.74. The third-order valence-electron chi connectivity index (χ3n) is 3.68. The van der Waals surface area contributed by atoms with E-state index >= 15 is 0 Å². The molecule has 0 saturated heterocycles. The Morgan fingerprint density at radius 3 is 1.43 bits per heavy atom. The molecule has 2 aromatic rings. The molecule has 0 radical (unpaired) electrons. The molecule has 0 spiro atoms. The number of rotatable bonds is 6. The first-order valence-electron chi connectivity index (χ1n) is 7.41. The minimum atomic E-state index is -0.632. The van der Waals surface area contributed by atoms with Gasteiger partial charge in [0.05, 0.1) is 0 Å². The maximum atomic E-state index is 2.29. The SMILES string of the molecule is CN(C)c1ccccc1[CH2][Y][CH2]c1ccccc1N(C)C. The second-order valence-corrected chi connectivity index (χ2v) is 9.17. The van der Waals surface area contributed by atoms with Crippen LogP contribution < -0.4 is 9.80 Å². The quantitative estimate of drug-likeness (QED) is 0.780. The molecule has 0 amide bonds. The van der Waals surface area contributed by atoms with Crippen LogP contribution in [0.4, 0.5) is 11.4 Å². The Morgan fingerprint density at radius 1 is 0.667 bits per heavy atom. The third-order valence-corrected chi connectivity index (χ3v) is 7.26. The normalized spacial score (nSPS) is 10.1. The molecule has 2 aromatic carbocycles. The van der Waals surface area contributed by atoms with Gasteiger partial charge in [0.25, 0.3) is 0 Å². The third kappa shape index (κ3) is 4.56. The van der Waals surface area contributed by atoms with Gasteiger partial charge in [-0.1, -0.05) is 0 Å². The van der Waals surface area contributed by atoms with E-state index in [1.807, 2.05) is 0 Å². The van der Waals surface area contributed by atoms with Gasteiger partial charge in [0.1, 0.15) is 0 Å². The zero-order valence-corrected chi connectivity index (χ0v) is 16.3. The van der Waals surface area contributed by atoms with Crippen molar-refractivity contribution < 1.29 is 29.2 Å². The van der Waals surface area contributed by atoms with Gasteiger partial charge < -0.3 is 0 Å². The van der Waals surface area contributed by atoms with Crippen LogP contribution in [0.3, 0.4) is 0 Å².